The van der Waals surface area contributed by atoms with Gasteiger partial charge in [-0.3, -0.25) is 4.99 Å². The van der Waals surface area contributed by atoms with Crippen LogP contribution in [0.5, 0.6) is 0 Å². The van der Waals surface area contributed by atoms with Gasteiger partial charge in [-0.05, 0) is 20.8 Å². The first-order valence-corrected chi connectivity index (χ1v) is 6.64. The zero-order valence-corrected chi connectivity index (χ0v) is 13.4. The van der Waals surface area contributed by atoms with Crippen LogP contribution in [0.1, 0.15) is 20.8 Å². The number of hydrogen-bond donors (Lipinski definition) is 1. The van der Waals surface area contributed by atoms with E-state index >= 15 is 0 Å². The lowest BCUT2D eigenvalue weighted by molar-refractivity contribution is 0.0519. The first-order valence-electron chi connectivity index (χ1n) is 5.84. The fourth-order valence-electron chi connectivity index (χ4n) is 0.971. The Morgan fingerprint density at radius 3 is 2.58 bits per heavy atom. The van der Waals surface area contributed by atoms with E-state index in [4.69, 9.17) is 9.47 Å². The lowest BCUT2D eigenvalue weighted by Gasteiger charge is -2.19. The van der Waals surface area contributed by atoms with Crippen LogP contribution >= 0.6 is 15.9 Å². The number of amides is 1. The highest BCUT2D eigenvalue weighted by Gasteiger charge is 2.15. The third-order valence-electron chi connectivity index (χ3n) is 1.70. The van der Waals surface area contributed by atoms with Crippen molar-refractivity contribution in [3.05, 3.63) is 23.2 Å². The van der Waals surface area contributed by atoms with Crippen LogP contribution in [0.25, 0.3) is 0 Å². The summed E-state index contributed by atoms with van der Waals surface area (Å²) >= 11 is 3.28. The molecule has 0 aliphatic carbocycles. The van der Waals surface area contributed by atoms with Crippen molar-refractivity contribution in [3.8, 4) is 0 Å². The molecule has 0 fully saturated rings. The lowest BCUT2D eigenvalue weighted by atomic mass is 10.2. The summed E-state index contributed by atoms with van der Waals surface area (Å²) in [5.41, 5.74) is -0.501. The van der Waals surface area contributed by atoms with Crippen LogP contribution in [0, 0.1) is 0 Å². The number of hydrogen-bond acceptors (Lipinski definition) is 4. The minimum Gasteiger partial charge on any atom is -0.476 e. The molecular formula is C13H21BrN2O3. The van der Waals surface area contributed by atoms with Gasteiger partial charge in [0.2, 0.25) is 5.90 Å². The van der Waals surface area contributed by atoms with Crippen LogP contribution in [-0.2, 0) is 9.47 Å². The van der Waals surface area contributed by atoms with Crippen molar-refractivity contribution in [3.63, 3.8) is 0 Å². The van der Waals surface area contributed by atoms with Crippen molar-refractivity contribution in [2.24, 2.45) is 4.99 Å². The van der Waals surface area contributed by atoms with Gasteiger partial charge in [0.1, 0.15) is 12.2 Å². The van der Waals surface area contributed by atoms with Crippen LogP contribution in [0.2, 0.25) is 0 Å². The molecule has 1 amide bonds. The molecule has 0 aromatic heterocycles. The first-order chi connectivity index (χ1) is 8.78. The van der Waals surface area contributed by atoms with E-state index in [2.05, 4.69) is 32.8 Å². The molecule has 0 aromatic rings. The van der Waals surface area contributed by atoms with Crippen LogP contribution in [0.4, 0.5) is 4.79 Å². The fraction of sp³-hybridized carbons (Fsp3) is 0.538. The van der Waals surface area contributed by atoms with Gasteiger partial charge >= 0.3 is 6.09 Å². The number of aliphatic imine (C=N–C) groups is 1. The number of halogens is 1. The molecule has 19 heavy (non-hydrogen) atoms. The van der Waals surface area contributed by atoms with E-state index in [1.165, 1.54) is 0 Å². The third kappa shape index (κ3) is 10.3. The predicted molar refractivity (Wildman–Crippen MR) is 80.8 cm³/mol. The molecule has 0 heterocycles. The summed E-state index contributed by atoms with van der Waals surface area (Å²) in [7, 11) is 1.62. The van der Waals surface area contributed by atoms with Crippen LogP contribution < -0.4 is 5.32 Å². The number of alkyl carbamates (subject to hydrolysis) is 1. The summed E-state index contributed by atoms with van der Waals surface area (Å²) in [5.74, 6) is 0.456. The number of allylic oxidation sites excluding steroid dienone is 2. The zero-order valence-electron chi connectivity index (χ0n) is 11.8. The van der Waals surface area contributed by atoms with E-state index in [0.29, 0.717) is 19.0 Å². The summed E-state index contributed by atoms with van der Waals surface area (Å²) in [4.78, 5) is 15.3. The molecule has 0 bridgehead atoms. The Labute approximate surface area is 122 Å². The Bertz CT molecular complexity index is 371. The molecule has 0 radical (unpaired) electrons. The van der Waals surface area contributed by atoms with Crippen molar-refractivity contribution in [1.29, 1.82) is 0 Å². The molecule has 0 aliphatic rings. The average Bonchev–Trinajstić information content (AvgIpc) is 2.30. The van der Waals surface area contributed by atoms with Crippen LogP contribution in [0.15, 0.2) is 28.2 Å². The lowest BCUT2D eigenvalue weighted by Crippen LogP contribution is -2.34. The highest BCUT2D eigenvalue weighted by atomic mass is 79.9. The first kappa shape index (κ1) is 17.7. The Hall–Kier alpha value is -1.30. The smallest absolute Gasteiger partial charge is 0.407 e. The fourth-order valence-corrected chi connectivity index (χ4v) is 1.17. The van der Waals surface area contributed by atoms with Gasteiger partial charge in [-0.15, -0.1) is 0 Å². The highest BCUT2D eigenvalue weighted by Crippen LogP contribution is 2.07. The Morgan fingerprint density at radius 2 is 2.11 bits per heavy atom. The number of carbonyl (C=O) groups is 1. The second kappa shape index (κ2) is 8.74. The molecule has 0 saturated heterocycles. The normalized spacial score (nSPS) is 12.9. The van der Waals surface area contributed by atoms with E-state index < -0.39 is 11.7 Å². The summed E-state index contributed by atoms with van der Waals surface area (Å²) in [5, 5.41) is 2.59. The number of nitrogens with zero attached hydrogens (tertiary/aromatic N) is 1. The maximum Gasteiger partial charge on any atom is 0.407 e. The number of nitrogens with one attached hydrogen (secondary N) is 1. The van der Waals surface area contributed by atoms with Crippen molar-refractivity contribution >= 4 is 27.9 Å². The molecule has 0 rings (SSSR count). The van der Waals surface area contributed by atoms with Gasteiger partial charge in [0.25, 0.3) is 0 Å². The zero-order chi connectivity index (χ0) is 14.9. The van der Waals surface area contributed by atoms with E-state index in [0.717, 1.165) is 4.48 Å². The van der Waals surface area contributed by atoms with E-state index in [9.17, 15) is 4.79 Å². The summed E-state index contributed by atoms with van der Waals surface area (Å²) in [6, 6.07) is 0. The van der Waals surface area contributed by atoms with Gasteiger partial charge in [-0.1, -0.05) is 28.6 Å². The molecule has 6 heteroatoms. The molecular weight excluding hydrogens is 312 g/mol. The molecule has 108 valence electrons. The number of rotatable bonds is 5. The van der Waals surface area contributed by atoms with Crippen LogP contribution in [0.3, 0.4) is 0 Å². The second-order valence-electron chi connectivity index (χ2n) is 4.57. The molecule has 5 nitrogen and oxygen atoms in total. The van der Waals surface area contributed by atoms with Crippen molar-refractivity contribution < 1.29 is 14.3 Å². The molecule has 0 unspecified atom stereocenters. The summed E-state index contributed by atoms with van der Waals surface area (Å²) < 4.78 is 11.2. The van der Waals surface area contributed by atoms with Crippen molar-refractivity contribution in [2.75, 3.05) is 20.2 Å². The second-order valence-corrected chi connectivity index (χ2v) is 5.49. The van der Waals surface area contributed by atoms with Gasteiger partial charge in [0.05, 0.1) is 6.54 Å². The topological polar surface area (TPSA) is 59.9 Å². The maximum absolute atomic E-state index is 11.3. The number of ether oxygens (including phenoxy) is 2. The van der Waals surface area contributed by atoms with Gasteiger partial charge in [-0.2, -0.15) is 0 Å². The summed E-state index contributed by atoms with van der Waals surface area (Å²) in [6.45, 7) is 9.67. The van der Waals surface area contributed by atoms with Gasteiger partial charge < -0.3 is 14.8 Å². The van der Waals surface area contributed by atoms with Gasteiger partial charge in [0, 0.05) is 17.6 Å². The summed E-state index contributed by atoms with van der Waals surface area (Å²) in [6.07, 6.45) is 2.86. The van der Waals surface area contributed by atoms with E-state index in [1.807, 2.05) is 20.8 Å². The van der Waals surface area contributed by atoms with Crippen LogP contribution in [-0.4, -0.2) is 37.8 Å². The van der Waals surface area contributed by atoms with Crippen molar-refractivity contribution in [1.82, 2.24) is 5.32 Å². The quantitative estimate of drug-likeness (QED) is 0.364. The Kier molecular flexibility index (Phi) is 8.14. The Morgan fingerprint density at radius 1 is 1.47 bits per heavy atom. The molecule has 0 aromatic carbocycles. The van der Waals surface area contributed by atoms with Gasteiger partial charge in [-0.25, -0.2) is 4.79 Å². The van der Waals surface area contributed by atoms with E-state index in [-0.39, 0.29) is 0 Å². The largest absolute Gasteiger partial charge is 0.476 e. The number of carbonyl (C=O) groups excluding carboxylic acids is 1. The molecule has 0 atom stereocenters. The van der Waals surface area contributed by atoms with E-state index in [1.54, 1.807) is 19.2 Å². The molecule has 0 saturated carbocycles. The standard InChI is InChI=1S/C13H21BrN2O3/c1-6-10(14)9-11(15-5)18-8-7-16-12(17)19-13(2,3)4/h6,9H,1,7-8H2,2-5H3,(H,16,17)/b10-9+,15-11?. The molecule has 0 spiro atoms. The third-order valence-corrected chi connectivity index (χ3v) is 2.25. The Balaban J connectivity index is 3.98. The minimum atomic E-state index is -0.501. The predicted octanol–water partition coefficient (Wildman–Crippen LogP) is 3.02. The van der Waals surface area contributed by atoms with Crippen molar-refractivity contribution in [2.45, 2.75) is 26.4 Å². The highest BCUT2D eigenvalue weighted by molar-refractivity contribution is 9.11. The van der Waals surface area contributed by atoms with Gasteiger partial charge in [0.15, 0.2) is 0 Å². The average molecular weight is 333 g/mol. The SMILES string of the molecule is C=C/C(Br)=C\C(=NC)OCCNC(=O)OC(C)(C)C. The minimum absolute atomic E-state index is 0.305. The molecule has 1 N–H and O–H groups in total. The molecule has 0 aliphatic heterocycles. The maximum atomic E-state index is 11.3. The monoisotopic (exact) mass is 332 g/mol.